The van der Waals surface area contributed by atoms with Crippen molar-refractivity contribution in [1.29, 1.82) is 0 Å². The van der Waals surface area contributed by atoms with E-state index in [1.165, 1.54) is 0 Å². The van der Waals surface area contributed by atoms with Crippen LogP contribution < -0.4 is 4.74 Å². The number of ether oxygens (including phenoxy) is 1. The second-order valence-electron chi connectivity index (χ2n) is 10.3. The normalized spacial score (nSPS) is 16.2. The minimum atomic E-state index is -1.22. The molecule has 0 radical (unpaired) electrons. The Labute approximate surface area is 235 Å². The Bertz CT molecular complexity index is 1350. The molecule has 0 unspecified atom stereocenters. The van der Waals surface area contributed by atoms with E-state index in [0.717, 1.165) is 17.8 Å². The Balaban J connectivity index is 1.41. The molecule has 40 heavy (non-hydrogen) atoms. The van der Waals surface area contributed by atoms with Crippen molar-refractivity contribution >= 4 is 28.6 Å². The first kappa shape index (κ1) is 30.1. The SMILES string of the molecule is COc1ccc2ncc(CO)c([C@@H](O)CCC3(CC(=O)O)CCN(CCSc4cc(F)cc(F)c4F)CC3)c2c1. The summed E-state index contributed by atoms with van der Waals surface area (Å²) >= 11 is 1.04. The second-order valence-corrected chi connectivity index (χ2v) is 11.4. The number of carbonyl (C=O) groups is 1. The summed E-state index contributed by atoms with van der Waals surface area (Å²) < 4.78 is 46.2. The monoisotopic (exact) mass is 578 g/mol. The summed E-state index contributed by atoms with van der Waals surface area (Å²) in [5, 5.41) is 31.6. The number of likely N-dealkylation sites (tertiary alicyclic amines) is 1. The zero-order chi connectivity index (χ0) is 28.9. The fourth-order valence-electron chi connectivity index (χ4n) is 5.48. The van der Waals surface area contributed by atoms with Gasteiger partial charge in [0, 0.05) is 40.4 Å². The molecule has 0 amide bonds. The fraction of sp³-hybridized carbons (Fsp3) is 0.448. The molecule has 1 aliphatic heterocycles. The highest BCUT2D eigenvalue weighted by Crippen LogP contribution is 2.42. The molecule has 1 aromatic heterocycles. The van der Waals surface area contributed by atoms with E-state index in [1.807, 2.05) is 0 Å². The van der Waals surface area contributed by atoms with Gasteiger partial charge in [-0.3, -0.25) is 9.78 Å². The molecule has 2 heterocycles. The number of hydrogen-bond donors (Lipinski definition) is 3. The summed E-state index contributed by atoms with van der Waals surface area (Å²) in [5.41, 5.74) is 1.20. The zero-order valence-corrected chi connectivity index (χ0v) is 23.0. The van der Waals surface area contributed by atoms with Crippen molar-refractivity contribution in [3.8, 4) is 5.75 Å². The van der Waals surface area contributed by atoms with Crippen molar-refractivity contribution in [2.24, 2.45) is 5.41 Å². The van der Waals surface area contributed by atoms with Crippen LogP contribution in [-0.4, -0.2) is 63.7 Å². The van der Waals surface area contributed by atoms with E-state index in [9.17, 15) is 33.3 Å². The number of carboxylic acid groups (broad SMARTS) is 1. The Hall–Kier alpha value is -2.86. The maximum absolute atomic E-state index is 13.9. The molecule has 3 aromatic rings. The molecule has 7 nitrogen and oxygen atoms in total. The van der Waals surface area contributed by atoms with Crippen molar-refractivity contribution in [3.05, 3.63) is 65.1 Å². The van der Waals surface area contributed by atoms with E-state index < -0.39 is 34.9 Å². The van der Waals surface area contributed by atoms with E-state index in [4.69, 9.17) is 4.74 Å². The largest absolute Gasteiger partial charge is 0.497 e. The van der Waals surface area contributed by atoms with Crippen LogP contribution in [0.4, 0.5) is 13.2 Å². The Morgan fingerprint density at radius 2 is 1.95 bits per heavy atom. The third-order valence-corrected chi connectivity index (χ3v) is 8.71. The van der Waals surface area contributed by atoms with Crippen LogP contribution in [0.15, 0.2) is 41.4 Å². The number of aromatic nitrogens is 1. The van der Waals surface area contributed by atoms with E-state index in [2.05, 4.69) is 9.88 Å². The first-order valence-electron chi connectivity index (χ1n) is 13.1. The lowest BCUT2D eigenvalue weighted by Crippen LogP contribution is -2.42. The summed E-state index contributed by atoms with van der Waals surface area (Å²) in [5.74, 6) is -2.99. The van der Waals surface area contributed by atoms with Crippen molar-refractivity contribution in [2.75, 3.05) is 32.5 Å². The maximum Gasteiger partial charge on any atom is 0.303 e. The summed E-state index contributed by atoms with van der Waals surface area (Å²) in [7, 11) is 1.54. The van der Waals surface area contributed by atoms with Gasteiger partial charge in [-0.2, -0.15) is 0 Å². The van der Waals surface area contributed by atoms with E-state index in [-0.39, 0.29) is 17.9 Å². The molecule has 1 fully saturated rings. The highest BCUT2D eigenvalue weighted by molar-refractivity contribution is 7.99. The third-order valence-electron chi connectivity index (χ3n) is 7.72. The lowest BCUT2D eigenvalue weighted by molar-refractivity contribution is -0.141. The molecule has 0 bridgehead atoms. The van der Waals surface area contributed by atoms with Crippen LogP contribution in [0.25, 0.3) is 10.9 Å². The molecule has 0 spiro atoms. The molecule has 216 valence electrons. The van der Waals surface area contributed by atoms with Crippen molar-refractivity contribution in [2.45, 2.75) is 49.7 Å². The first-order chi connectivity index (χ1) is 19.1. The van der Waals surface area contributed by atoms with E-state index >= 15 is 0 Å². The van der Waals surface area contributed by atoms with Gasteiger partial charge < -0.3 is 25.0 Å². The Kier molecular flexibility index (Phi) is 9.94. The number of rotatable bonds is 12. The number of aliphatic carboxylic acids is 1. The Morgan fingerprint density at radius 1 is 1.20 bits per heavy atom. The van der Waals surface area contributed by atoms with Gasteiger partial charge in [-0.25, -0.2) is 13.2 Å². The van der Waals surface area contributed by atoms with Gasteiger partial charge >= 0.3 is 5.97 Å². The second kappa shape index (κ2) is 13.2. The molecular weight excluding hydrogens is 545 g/mol. The number of halogens is 3. The number of thioether (sulfide) groups is 1. The van der Waals surface area contributed by atoms with Gasteiger partial charge in [0.05, 0.1) is 31.8 Å². The summed E-state index contributed by atoms with van der Waals surface area (Å²) in [6.07, 6.45) is 2.53. The van der Waals surface area contributed by atoms with Crippen molar-refractivity contribution in [3.63, 3.8) is 0 Å². The molecule has 0 saturated carbocycles. The minimum absolute atomic E-state index is 0.0339. The van der Waals surface area contributed by atoms with Crippen LogP contribution in [0.5, 0.6) is 5.75 Å². The van der Waals surface area contributed by atoms with Gasteiger partial charge in [0.15, 0.2) is 11.6 Å². The number of pyridine rings is 1. The quantitative estimate of drug-likeness (QED) is 0.196. The number of benzene rings is 2. The third kappa shape index (κ3) is 7.06. The van der Waals surface area contributed by atoms with Gasteiger partial charge in [0.2, 0.25) is 0 Å². The number of nitrogens with zero attached hydrogens (tertiary/aromatic N) is 2. The molecule has 1 saturated heterocycles. The summed E-state index contributed by atoms with van der Waals surface area (Å²) in [6.45, 7) is 1.48. The average Bonchev–Trinajstić information content (AvgIpc) is 2.94. The van der Waals surface area contributed by atoms with Crippen LogP contribution in [-0.2, 0) is 11.4 Å². The first-order valence-corrected chi connectivity index (χ1v) is 14.1. The molecule has 4 rings (SSSR count). The smallest absolute Gasteiger partial charge is 0.303 e. The predicted molar refractivity (Wildman–Crippen MR) is 146 cm³/mol. The van der Waals surface area contributed by atoms with Gasteiger partial charge in [-0.15, -0.1) is 11.8 Å². The predicted octanol–water partition coefficient (Wildman–Crippen LogP) is 5.32. The van der Waals surface area contributed by atoms with Crippen LogP contribution in [0.1, 0.15) is 49.3 Å². The molecule has 0 aliphatic carbocycles. The number of hydrogen-bond acceptors (Lipinski definition) is 7. The van der Waals surface area contributed by atoms with E-state index in [1.54, 1.807) is 31.5 Å². The number of aliphatic hydroxyl groups is 2. The highest BCUT2D eigenvalue weighted by Gasteiger charge is 2.37. The molecule has 11 heteroatoms. The fourth-order valence-corrected chi connectivity index (χ4v) is 6.47. The standard InChI is InChI=1S/C29H33F3N2O5S/c1-39-20-2-3-23-21(14-20)27(18(17-35)16-33-23)24(36)4-5-29(15-26(37)38)6-8-34(9-7-29)10-11-40-25-13-19(30)12-22(31)28(25)32/h2-3,12-14,16,24,35-36H,4-11,15,17H2,1H3,(H,37,38)/t24-/m0/s1. The number of methoxy groups -OCH3 is 1. The number of fused-ring (bicyclic) bond motifs is 1. The molecule has 1 atom stereocenters. The maximum atomic E-state index is 13.9. The minimum Gasteiger partial charge on any atom is -0.497 e. The Morgan fingerprint density at radius 3 is 2.62 bits per heavy atom. The lowest BCUT2D eigenvalue weighted by atomic mass is 9.71. The number of aliphatic hydroxyl groups excluding tert-OH is 2. The number of piperidine rings is 1. The van der Waals surface area contributed by atoms with Gasteiger partial charge in [0.1, 0.15) is 11.6 Å². The van der Waals surface area contributed by atoms with Crippen LogP contribution >= 0.6 is 11.8 Å². The lowest BCUT2D eigenvalue weighted by Gasteiger charge is -2.41. The topological polar surface area (TPSA) is 103 Å². The average molecular weight is 579 g/mol. The van der Waals surface area contributed by atoms with Gasteiger partial charge in [-0.05, 0) is 74.0 Å². The molecule has 1 aliphatic rings. The summed E-state index contributed by atoms with van der Waals surface area (Å²) in [6, 6.07) is 6.82. The molecule has 3 N–H and O–H groups in total. The van der Waals surface area contributed by atoms with Crippen LogP contribution in [0, 0.1) is 22.9 Å². The van der Waals surface area contributed by atoms with Gasteiger partial charge in [-0.1, -0.05) is 0 Å². The molecular formula is C29H33F3N2O5S. The summed E-state index contributed by atoms with van der Waals surface area (Å²) in [4.78, 5) is 18.2. The highest BCUT2D eigenvalue weighted by atomic mass is 32.2. The molecule has 2 aromatic carbocycles. The van der Waals surface area contributed by atoms with E-state index in [0.29, 0.717) is 84.9 Å². The van der Waals surface area contributed by atoms with Gasteiger partial charge in [0.25, 0.3) is 0 Å². The van der Waals surface area contributed by atoms with Crippen molar-refractivity contribution in [1.82, 2.24) is 9.88 Å². The van der Waals surface area contributed by atoms with Crippen LogP contribution in [0.2, 0.25) is 0 Å². The zero-order valence-electron chi connectivity index (χ0n) is 22.2. The number of carboxylic acids is 1. The van der Waals surface area contributed by atoms with Crippen LogP contribution in [0.3, 0.4) is 0 Å². The van der Waals surface area contributed by atoms with Crippen molar-refractivity contribution < 1.29 is 38.0 Å².